The van der Waals surface area contributed by atoms with E-state index in [0.29, 0.717) is 17.1 Å². The topological polar surface area (TPSA) is 80.1 Å². The normalized spacial score (nSPS) is 11.0. The van der Waals surface area contributed by atoms with Gasteiger partial charge in [-0.3, -0.25) is 10.1 Å². The van der Waals surface area contributed by atoms with Gasteiger partial charge < -0.3 is 9.73 Å². The Balaban J connectivity index is 1.46. The number of benzene rings is 2. The molecule has 2 N–H and O–H groups in total. The molecule has 0 saturated heterocycles. The van der Waals surface area contributed by atoms with Crippen LogP contribution in [0.15, 0.2) is 77.4 Å². The lowest BCUT2D eigenvalue weighted by atomic mass is 10.1. The minimum Gasteiger partial charge on any atom is -0.434 e. The SMILES string of the molecule is Cc1ccc(-c2nc3ncccc3o2)cc1NC(=S)NC(=O)/C=C/c1ccccc1. The van der Waals surface area contributed by atoms with Crippen molar-refractivity contribution in [1.82, 2.24) is 15.3 Å². The van der Waals surface area contributed by atoms with E-state index in [2.05, 4.69) is 20.6 Å². The molecular formula is C23H18N4O2S. The first-order valence-corrected chi connectivity index (χ1v) is 9.67. The number of oxazole rings is 1. The zero-order chi connectivity index (χ0) is 20.9. The Morgan fingerprint density at radius 2 is 1.93 bits per heavy atom. The summed E-state index contributed by atoms with van der Waals surface area (Å²) >= 11 is 5.29. The van der Waals surface area contributed by atoms with Gasteiger partial charge in [0, 0.05) is 23.5 Å². The van der Waals surface area contributed by atoms with Crippen molar-refractivity contribution in [2.75, 3.05) is 5.32 Å². The number of nitrogens with zero attached hydrogens (tertiary/aromatic N) is 2. The summed E-state index contributed by atoms with van der Waals surface area (Å²) in [7, 11) is 0. The molecule has 0 atom stereocenters. The molecule has 0 aliphatic heterocycles. The first-order valence-electron chi connectivity index (χ1n) is 9.26. The number of aryl methyl sites for hydroxylation is 1. The Bertz CT molecular complexity index is 1220. The Labute approximate surface area is 178 Å². The Kier molecular flexibility index (Phi) is 5.63. The number of fused-ring (bicyclic) bond motifs is 1. The molecule has 0 spiro atoms. The van der Waals surface area contributed by atoms with Crippen LogP contribution in [0.25, 0.3) is 28.8 Å². The number of anilines is 1. The largest absolute Gasteiger partial charge is 0.434 e. The number of carbonyl (C=O) groups is 1. The van der Waals surface area contributed by atoms with Crippen LogP contribution in [0.5, 0.6) is 0 Å². The highest BCUT2D eigenvalue weighted by Gasteiger charge is 2.11. The summed E-state index contributed by atoms with van der Waals surface area (Å²) in [4.78, 5) is 20.7. The fraction of sp³-hybridized carbons (Fsp3) is 0.0435. The van der Waals surface area contributed by atoms with Gasteiger partial charge in [-0.2, -0.15) is 4.98 Å². The first-order chi connectivity index (χ1) is 14.6. The number of carbonyl (C=O) groups excluding carboxylic acids is 1. The summed E-state index contributed by atoms with van der Waals surface area (Å²) in [5.41, 5.74) is 4.60. The van der Waals surface area contributed by atoms with Gasteiger partial charge in [-0.05, 0) is 60.6 Å². The molecule has 6 nitrogen and oxygen atoms in total. The van der Waals surface area contributed by atoms with E-state index in [1.54, 1.807) is 18.3 Å². The molecule has 0 bridgehead atoms. The predicted octanol–water partition coefficient (Wildman–Crippen LogP) is 4.72. The first kappa shape index (κ1) is 19.5. The zero-order valence-electron chi connectivity index (χ0n) is 16.1. The highest BCUT2D eigenvalue weighted by atomic mass is 32.1. The van der Waals surface area contributed by atoms with Crippen molar-refractivity contribution in [3.8, 4) is 11.5 Å². The summed E-state index contributed by atoms with van der Waals surface area (Å²) < 4.78 is 5.78. The number of hydrogen-bond acceptors (Lipinski definition) is 5. The summed E-state index contributed by atoms with van der Waals surface area (Å²) in [6, 6.07) is 18.9. The van der Waals surface area contributed by atoms with Gasteiger partial charge in [-0.15, -0.1) is 0 Å². The van der Waals surface area contributed by atoms with Crippen LogP contribution < -0.4 is 10.6 Å². The fourth-order valence-electron chi connectivity index (χ4n) is 2.83. The van der Waals surface area contributed by atoms with Crippen molar-refractivity contribution in [3.05, 3.63) is 84.1 Å². The minimum atomic E-state index is -0.310. The minimum absolute atomic E-state index is 0.206. The van der Waals surface area contributed by atoms with Crippen molar-refractivity contribution >= 4 is 46.2 Å². The molecule has 148 valence electrons. The van der Waals surface area contributed by atoms with Crippen LogP contribution in [0.3, 0.4) is 0 Å². The molecule has 0 fully saturated rings. The van der Waals surface area contributed by atoms with Gasteiger partial charge in [-0.1, -0.05) is 36.4 Å². The second-order valence-corrected chi connectivity index (χ2v) is 6.97. The van der Waals surface area contributed by atoms with Crippen LogP contribution >= 0.6 is 12.2 Å². The van der Waals surface area contributed by atoms with Crippen molar-refractivity contribution in [2.45, 2.75) is 6.92 Å². The predicted molar refractivity (Wildman–Crippen MR) is 122 cm³/mol. The van der Waals surface area contributed by atoms with Crippen LogP contribution in [-0.2, 0) is 4.79 Å². The monoisotopic (exact) mass is 414 g/mol. The smallest absolute Gasteiger partial charge is 0.250 e. The molecule has 2 heterocycles. The molecule has 0 aliphatic rings. The van der Waals surface area contributed by atoms with Crippen LogP contribution in [0.2, 0.25) is 0 Å². The summed E-state index contributed by atoms with van der Waals surface area (Å²) in [5, 5.41) is 5.92. The maximum absolute atomic E-state index is 12.1. The summed E-state index contributed by atoms with van der Waals surface area (Å²) in [6.07, 6.45) is 4.84. The van der Waals surface area contributed by atoms with E-state index < -0.39 is 0 Å². The number of hydrogen-bond donors (Lipinski definition) is 2. The molecule has 0 aliphatic carbocycles. The summed E-state index contributed by atoms with van der Waals surface area (Å²) in [6.45, 7) is 1.94. The van der Waals surface area contributed by atoms with Gasteiger partial charge in [0.25, 0.3) is 0 Å². The molecule has 7 heteroatoms. The van der Waals surface area contributed by atoms with Crippen molar-refractivity contribution in [1.29, 1.82) is 0 Å². The van der Waals surface area contributed by atoms with Gasteiger partial charge in [0.15, 0.2) is 16.3 Å². The standard InChI is InChI=1S/C23H18N4O2S/c1-15-9-11-17(22-27-21-19(29-22)8-5-13-24-21)14-18(15)25-23(30)26-20(28)12-10-16-6-3-2-4-7-16/h2-14H,1H3,(H2,25,26,28,30)/b12-10+. The molecular weight excluding hydrogens is 396 g/mol. The number of thiocarbonyl (C=S) groups is 1. The van der Waals surface area contributed by atoms with Gasteiger partial charge in [0.05, 0.1) is 0 Å². The molecule has 2 aromatic carbocycles. The Morgan fingerprint density at radius 1 is 1.10 bits per heavy atom. The van der Waals surface area contributed by atoms with Crippen molar-refractivity contribution in [2.24, 2.45) is 0 Å². The highest BCUT2D eigenvalue weighted by molar-refractivity contribution is 7.80. The second kappa shape index (κ2) is 8.67. The molecule has 30 heavy (non-hydrogen) atoms. The highest BCUT2D eigenvalue weighted by Crippen LogP contribution is 2.27. The van der Waals surface area contributed by atoms with Crippen LogP contribution in [0, 0.1) is 6.92 Å². The Hall–Kier alpha value is -3.84. The Morgan fingerprint density at radius 3 is 2.73 bits per heavy atom. The third-order valence-electron chi connectivity index (χ3n) is 4.36. The molecule has 0 saturated carbocycles. The molecule has 4 rings (SSSR count). The molecule has 0 unspecified atom stereocenters. The number of nitrogens with one attached hydrogen (secondary N) is 2. The van der Waals surface area contributed by atoms with E-state index in [0.717, 1.165) is 22.4 Å². The lowest BCUT2D eigenvalue weighted by Gasteiger charge is -2.11. The molecule has 4 aromatic rings. The number of aromatic nitrogens is 2. The van der Waals surface area contributed by atoms with E-state index in [4.69, 9.17) is 16.6 Å². The second-order valence-electron chi connectivity index (χ2n) is 6.56. The van der Waals surface area contributed by atoms with E-state index in [9.17, 15) is 4.79 Å². The van der Waals surface area contributed by atoms with Crippen molar-refractivity contribution < 1.29 is 9.21 Å². The van der Waals surface area contributed by atoms with E-state index >= 15 is 0 Å². The lowest BCUT2D eigenvalue weighted by molar-refractivity contribution is -0.115. The van der Waals surface area contributed by atoms with Gasteiger partial charge in [-0.25, -0.2) is 4.98 Å². The van der Waals surface area contributed by atoms with Crippen LogP contribution in [0.4, 0.5) is 5.69 Å². The average Bonchev–Trinajstić information content (AvgIpc) is 3.19. The number of amides is 1. The fourth-order valence-corrected chi connectivity index (χ4v) is 3.04. The number of pyridine rings is 1. The zero-order valence-corrected chi connectivity index (χ0v) is 16.9. The average molecular weight is 414 g/mol. The van der Waals surface area contributed by atoms with Crippen LogP contribution in [0.1, 0.15) is 11.1 Å². The molecule has 0 radical (unpaired) electrons. The quantitative estimate of drug-likeness (QED) is 0.371. The van der Waals surface area contributed by atoms with E-state index in [1.807, 2.05) is 61.5 Å². The maximum atomic E-state index is 12.1. The lowest BCUT2D eigenvalue weighted by Crippen LogP contribution is -2.33. The summed E-state index contributed by atoms with van der Waals surface area (Å²) in [5.74, 6) is 0.155. The van der Waals surface area contributed by atoms with Crippen molar-refractivity contribution in [3.63, 3.8) is 0 Å². The van der Waals surface area contributed by atoms with E-state index in [-0.39, 0.29) is 11.0 Å². The third-order valence-corrected chi connectivity index (χ3v) is 4.57. The maximum Gasteiger partial charge on any atom is 0.250 e. The van der Waals surface area contributed by atoms with Crippen LogP contribution in [-0.4, -0.2) is 21.0 Å². The molecule has 2 aromatic heterocycles. The molecule has 1 amide bonds. The van der Waals surface area contributed by atoms with Gasteiger partial charge in [0.2, 0.25) is 11.8 Å². The third kappa shape index (κ3) is 4.59. The van der Waals surface area contributed by atoms with E-state index in [1.165, 1.54) is 6.08 Å². The number of rotatable bonds is 4. The van der Waals surface area contributed by atoms with Gasteiger partial charge >= 0.3 is 0 Å². The van der Waals surface area contributed by atoms with Gasteiger partial charge in [0.1, 0.15) is 0 Å².